The monoisotopic (exact) mass is 395 g/mol. The minimum absolute atomic E-state index is 0.125. The van der Waals surface area contributed by atoms with Crippen molar-refractivity contribution in [2.45, 2.75) is 64.6 Å². The van der Waals surface area contributed by atoms with E-state index in [0.717, 1.165) is 0 Å². The predicted molar refractivity (Wildman–Crippen MR) is 94.2 cm³/mol. The lowest BCUT2D eigenvalue weighted by Crippen LogP contribution is -2.48. The lowest BCUT2D eigenvalue weighted by Gasteiger charge is -2.27. The third-order valence-electron chi connectivity index (χ3n) is 3.56. The van der Waals surface area contributed by atoms with Crippen molar-refractivity contribution >= 4 is 19.5 Å². The lowest BCUT2D eigenvalue weighted by atomic mass is 10.1. The Kier molecular flexibility index (Phi) is 7.80. The first-order valence-corrected chi connectivity index (χ1v) is 10.1. The number of ketones is 1. The van der Waals surface area contributed by atoms with Gasteiger partial charge in [0.05, 0.1) is 12.6 Å². The normalized spacial score (nSPS) is 21.3. The van der Waals surface area contributed by atoms with Crippen LogP contribution < -0.4 is 5.32 Å². The van der Waals surface area contributed by atoms with Crippen LogP contribution in [-0.2, 0) is 32.6 Å². The molecule has 1 amide bonds. The van der Waals surface area contributed by atoms with E-state index in [0.29, 0.717) is 0 Å². The SMILES string of the molecule is COP(=O)(CC(=O)C[C@@H](NC(=O)OC(C)(C)C)[C@H]1COC(C)(C)O1)OC. The van der Waals surface area contributed by atoms with E-state index in [1.165, 1.54) is 14.2 Å². The fourth-order valence-corrected chi connectivity index (χ4v) is 3.35. The van der Waals surface area contributed by atoms with E-state index >= 15 is 0 Å². The topological polar surface area (TPSA) is 109 Å². The number of hydrogen-bond donors (Lipinski definition) is 1. The van der Waals surface area contributed by atoms with Gasteiger partial charge in [0, 0.05) is 20.6 Å². The molecule has 0 spiro atoms. The minimum atomic E-state index is -3.48. The van der Waals surface area contributed by atoms with Gasteiger partial charge in [0.25, 0.3) is 0 Å². The van der Waals surface area contributed by atoms with Crippen LogP contribution in [0, 0.1) is 0 Å². The first-order chi connectivity index (χ1) is 11.8. The maximum absolute atomic E-state index is 12.4. The van der Waals surface area contributed by atoms with Gasteiger partial charge in [0.1, 0.15) is 23.7 Å². The molecular formula is C16H30NO8P. The summed E-state index contributed by atoms with van der Waals surface area (Å²) >= 11 is 0. The van der Waals surface area contributed by atoms with Crippen LogP contribution in [0.1, 0.15) is 41.0 Å². The van der Waals surface area contributed by atoms with Crippen LogP contribution in [-0.4, -0.2) is 62.4 Å². The van der Waals surface area contributed by atoms with Crippen molar-refractivity contribution in [2.24, 2.45) is 0 Å². The standard InChI is InChI=1S/C16H30NO8P/c1-15(2,3)25-14(19)17-12(13-9-23-16(4,5)24-13)8-11(18)10-26(20,21-6)22-7/h12-13H,8-10H2,1-7H3,(H,17,19)/t12-,13-/m1/s1. The van der Waals surface area contributed by atoms with Gasteiger partial charge in [0.15, 0.2) is 5.79 Å². The summed E-state index contributed by atoms with van der Waals surface area (Å²) < 4.78 is 38.2. The maximum Gasteiger partial charge on any atom is 0.407 e. The molecule has 0 bridgehead atoms. The maximum atomic E-state index is 12.4. The molecule has 26 heavy (non-hydrogen) atoms. The Hall–Kier alpha value is -0.990. The number of rotatable bonds is 8. The zero-order valence-corrected chi connectivity index (χ0v) is 17.4. The fraction of sp³-hybridized carbons (Fsp3) is 0.875. The molecule has 1 aliphatic heterocycles. The van der Waals surface area contributed by atoms with Gasteiger partial charge in [-0.1, -0.05) is 0 Å². The molecule has 0 aliphatic carbocycles. The summed E-state index contributed by atoms with van der Waals surface area (Å²) in [5, 5.41) is 2.65. The highest BCUT2D eigenvalue weighted by Crippen LogP contribution is 2.46. The number of amides is 1. The van der Waals surface area contributed by atoms with Crippen molar-refractivity contribution < 1.29 is 37.4 Å². The number of hydrogen-bond acceptors (Lipinski definition) is 8. The van der Waals surface area contributed by atoms with Gasteiger partial charge >= 0.3 is 13.7 Å². The van der Waals surface area contributed by atoms with Gasteiger partial charge < -0.3 is 28.6 Å². The summed E-state index contributed by atoms with van der Waals surface area (Å²) in [6, 6.07) is -0.707. The van der Waals surface area contributed by atoms with Gasteiger partial charge in [-0.25, -0.2) is 4.79 Å². The molecule has 1 saturated heterocycles. The fourth-order valence-electron chi connectivity index (χ4n) is 2.38. The molecule has 0 radical (unpaired) electrons. The Morgan fingerprint density at radius 3 is 2.27 bits per heavy atom. The van der Waals surface area contributed by atoms with Crippen LogP contribution in [0.3, 0.4) is 0 Å². The zero-order valence-electron chi connectivity index (χ0n) is 16.5. The molecule has 0 aromatic carbocycles. The van der Waals surface area contributed by atoms with E-state index in [1.807, 2.05) is 0 Å². The summed E-state index contributed by atoms with van der Waals surface area (Å²) in [7, 11) is -1.06. The van der Waals surface area contributed by atoms with Crippen molar-refractivity contribution in [1.29, 1.82) is 0 Å². The molecule has 0 aromatic heterocycles. The third-order valence-corrected chi connectivity index (χ3v) is 5.41. The molecule has 0 unspecified atom stereocenters. The van der Waals surface area contributed by atoms with E-state index in [4.69, 9.17) is 23.3 Å². The van der Waals surface area contributed by atoms with Crippen LogP contribution >= 0.6 is 7.60 Å². The van der Waals surface area contributed by atoms with Crippen LogP contribution in [0.4, 0.5) is 4.79 Å². The molecule has 152 valence electrons. The molecule has 0 aromatic rings. The quantitative estimate of drug-likeness (QED) is 0.624. The number of nitrogens with one attached hydrogen (secondary N) is 1. The van der Waals surface area contributed by atoms with Gasteiger partial charge in [0.2, 0.25) is 0 Å². The highest BCUT2D eigenvalue weighted by molar-refractivity contribution is 7.54. The minimum Gasteiger partial charge on any atom is -0.444 e. The Bertz CT molecular complexity index is 549. The Labute approximate surface area is 154 Å². The largest absolute Gasteiger partial charge is 0.444 e. The van der Waals surface area contributed by atoms with Gasteiger partial charge in [-0.05, 0) is 34.6 Å². The second-order valence-corrected chi connectivity index (χ2v) is 9.77. The van der Waals surface area contributed by atoms with Crippen molar-refractivity contribution in [3.05, 3.63) is 0 Å². The Morgan fingerprint density at radius 2 is 1.85 bits per heavy atom. The molecule has 9 nitrogen and oxygen atoms in total. The summed E-state index contributed by atoms with van der Waals surface area (Å²) in [6.45, 7) is 8.88. The number of Topliss-reactive ketones (excluding diaryl/α,β-unsaturated/α-hetero) is 1. The van der Waals surface area contributed by atoms with Crippen LogP contribution in [0.25, 0.3) is 0 Å². The number of alkyl carbamates (subject to hydrolysis) is 1. The first-order valence-electron chi connectivity index (χ1n) is 8.33. The summed E-state index contributed by atoms with van der Waals surface area (Å²) in [6.07, 6.45) is -1.75. The molecule has 2 atom stereocenters. The van der Waals surface area contributed by atoms with Crippen molar-refractivity contribution in [3.63, 3.8) is 0 Å². The van der Waals surface area contributed by atoms with E-state index in [1.54, 1.807) is 34.6 Å². The second-order valence-electron chi connectivity index (χ2n) is 7.50. The molecule has 1 fully saturated rings. The molecule has 1 rings (SSSR count). The molecule has 0 saturated carbocycles. The van der Waals surface area contributed by atoms with Crippen molar-refractivity contribution in [1.82, 2.24) is 5.32 Å². The van der Waals surface area contributed by atoms with E-state index in [-0.39, 0.29) is 13.0 Å². The van der Waals surface area contributed by atoms with Crippen molar-refractivity contribution in [3.8, 4) is 0 Å². The second kappa shape index (κ2) is 8.80. The Morgan fingerprint density at radius 1 is 1.27 bits per heavy atom. The number of carbonyl (C=O) groups is 2. The van der Waals surface area contributed by atoms with Crippen LogP contribution in [0.2, 0.25) is 0 Å². The highest BCUT2D eigenvalue weighted by atomic mass is 31.2. The van der Waals surface area contributed by atoms with Crippen LogP contribution in [0.5, 0.6) is 0 Å². The lowest BCUT2D eigenvalue weighted by molar-refractivity contribution is -0.143. The van der Waals surface area contributed by atoms with E-state index < -0.39 is 49.2 Å². The molecule has 1 aliphatic rings. The smallest absolute Gasteiger partial charge is 0.407 e. The highest BCUT2D eigenvalue weighted by Gasteiger charge is 2.40. The third kappa shape index (κ3) is 7.72. The molecule has 1 N–H and O–H groups in total. The molecular weight excluding hydrogens is 365 g/mol. The number of ether oxygens (including phenoxy) is 3. The Balaban J connectivity index is 2.82. The van der Waals surface area contributed by atoms with Gasteiger partial charge in [-0.3, -0.25) is 9.36 Å². The summed E-state index contributed by atoms with van der Waals surface area (Å²) in [5.41, 5.74) is -0.688. The summed E-state index contributed by atoms with van der Waals surface area (Å²) in [4.78, 5) is 24.5. The van der Waals surface area contributed by atoms with Gasteiger partial charge in [-0.15, -0.1) is 0 Å². The van der Waals surface area contributed by atoms with Crippen molar-refractivity contribution in [2.75, 3.05) is 27.0 Å². The average Bonchev–Trinajstić information content (AvgIpc) is 2.84. The molecule has 10 heteroatoms. The average molecular weight is 395 g/mol. The van der Waals surface area contributed by atoms with Crippen LogP contribution in [0.15, 0.2) is 0 Å². The number of carbonyl (C=O) groups excluding carboxylic acids is 2. The zero-order chi connectivity index (χ0) is 20.2. The van der Waals surface area contributed by atoms with E-state index in [2.05, 4.69) is 5.32 Å². The first kappa shape index (κ1) is 23.0. The predicted octanol–water partition coefficient (Wildman–Crippen LogP) is 2.48. The van der Waals surface area contributed by atoms with Gasteiger partial charge in [-0.2, -0.15) is 0 Å². The molecule has 1 heterocycles. The summed E-state index contributed by atoms with van der Waals surface area (Å²) in [5.74, 6) is -1.22. The van der Waals surface area contributed by atoms with E-state index in [9.17, 15) is 14.2 Å².